The Balaban J connectivity index is 1.82. The van der Waals surface area contributed by atoms with Gasteiger partial charge in [0, 0.05) is 17.8 Å². The van der Waals surface area contributed by atoms with Gasteiger partial charge in [-0.2, -0.15) is 13.2 Å². The van der Waals surface area contributed by atoms with Gasteiger partial charge in [0.15, 0.2) is 0 Å². The summed E-state index contributed by atoms with van der Waals surface area (Å²) in [5, 5.41) is 12.4. The topological polar surface area (TPSA) is 71.5 Å². The van der Waals surface area contributed by atoms with Crippen LogP contribution in [0.5, 0.6) is 5.88 Å². The fourth-order valence-corrected chi connectivity index (χ4v) is 3.13. The summed E-state index contributed by atoms with van der Waals surface area (Å²) in [5.41, 5.74) is -0.249. The lowest BCUT2D eigenvalue weighted by molar-refractivity contribution is -0.137. The van der Waals surface area contributed by atoms with Gasteiger partial charge in [0.25, 0.3) is 5.91 Å². The van der Waals surface area contributed by atoms with Gasteiger partial charge in [0.2, 0.25) is 5.88 Å². The largest absolute Gasteiger partial charge is 0.481 e. The number of aromatic nitrogens is 1. The summed E-state index contributed by atoms with van der Waals surface area (Å²) in [7, 11) is 1.48. The van der Waals surface area contributed by atoms with Crippen LogP contribution in [0.25, 0.3) is 0 Å². The second-order valence-electron chi connectivity index (χ2n) is 6.55. The first kappa shape index (κ1) is 19.2. The van der Waals surface area contributed by atoms with Gasteiger partial charge in [-0.3, -0.25) is 4.79 Å². The van der Waals surface area contributed by atoms with Crippen LogP contribution in [-0.4, -0.2) is 29.2 Å². The number of pyridine rings is 1. The van der Waals surface area contributed by atoms with E-state index in [2.05, 4.69) is 10.3 Å². The maximum Gasteiger partial charge on any atom is 0.416 e. The van der Waals surface area contributed by atoms with E-state index in [1.54, 1.807) is 18.3 Å². The lowest BCUT2D eigenvalue weighted by Gasteiger charge is -2.38. The molecule has 1 amide bonds. The zero-order valence-electron chi connectivity index (χ0n) is 14.5. The summed E-state index contributed by atoms with van der Waals surface area (Å²) in [4.78, 5) is 16.7. The number of carbonyl (C=O) groups is 1. The number of alkyl halides is 3. The Morgan fingerprint density at radius 1 is 1.30 bits per heavy atom. The molecule has 1 fully saturated rings. The number of aliphatic hydroxyl groups excluding tert-OH is 1. The smallest absolute Gasteiger partial charge is 0.416 e. The van der Waals surface area contributed by atoms with Crippen molar-refractivity contribution in [1.29, 1.82) is 0 Å². The third-order valence-corrected chi connectivity index (χ3v) is 4.69. The summed E-state index contributed by atoms with van der Waals surface area (Å²) in [5.74, 6) is -0.219. The predicted octanol–water partition coefficient (Wildman–Crippen LogP) is 3.35. The fourth-order valence-electron chi connectivity index (χ4n) is 3.13. The molecule has 0 saturated heterocycles. The Labute approximate surface area is 154 Å². The fraction of sp³-hybridized carbons (Fsp3) is 0.368. The van der Waals surface area contributed by atoms with Gasteiger partial charge in [-0.25, -0.2) is 4.98 Å². The number of rotatable bonds is 5. The number of carbonyl (C=O) groups excluding carboxylic acids is 1. The average Bonchev–Trinajstić information content (AvgIpc) is 2.63. The predicted molar refractivity (Wildman–Crippen MR) is 91.2 cm³/mol. The first-order valence-electron chi connectivity index (χ1n) is 8.44. The zero-order chi connectivity index (χ0) is 19.6. The van der Waals surface area contributed by atoms with Gasteiger partial charge >= 0.3 is 6.18 Å². The minimum absolute atomic E-state index is 0.0232. The number of aliphatic hydroxyl groups is 1. The summed E-state index contributed by atoms with van der Waals surface area (Å²) in [6.07, 6.45) is -2.40. The number of ether oxygens (including phenoxy) is 1. The van der Waals surface area contributed by atoms with Crippen molar-refractivity contribution in [1.82, 2.24) is 10.3 Å². The number of halogens is 3. The van der Waals surface area contributed by atoms with Crippen molar-refractivity contribution in [3.05, 3.63) is 59.3 Å². The number of nitrogens with one attached hydrogen (secondary N) is 1. The molecule has 1 heterocycles. The van der Waals surface area contributed by atoms with Gasteiger partial charge in [-0.1, -0.05) is 12.1 Å². The molecule has 1 atom stereocenters. The standard InChI is InChI=1S/C19H19F3N2O3/c1-27-16-6-5-12(10-23-16)17(13-8-15(25)9-13)24-18(26)11-3-2-4-14(7-11)19(20,21)22/h2-7,10,13,15,17,25H,8-9H2,1H3,(H,24,26)/t13?,15?,17-/m0/s1. The van der Waals surface area contributed by atoms with Crippen LogP contribution >= 0.6 is 0 Å². The molecule has 27 heavy (non-hydrogen) atoms. The van der Waals surface area contributed by atoms with Gasteiger partial charge in [0.05, 0.1) is 24.8 Å². The van der Waals surface area contributed by atoms with Crippen LogP contribution < -0.4 is 10.1 Å². The van der Waals surface area contributed by atoms with E-state index in [1.165, 1.54) is 19.2 Å². The second-order valence-corrected chi connectivity index (χ2v) is 6.55. The Morgan fingerprint density at radius 3 is 2.59 bits per heavy atom. The SMILES string of the molecule is COc1ccc([C@H](NC(=O)c2cccc(C(F)(F)F)c2)C2CC(O)C2)cn1. The Kier molecular flexibility index (Phi) is 5.36. The summed E-state index contributed by atoms with van der Waals surface area (Å²) < 4.78 is 43.7. The van der Waals surface area contributed by atoms with Crippen LogP contribution in [0.1, 0.15) is 40.4 Å². The monoisotopic (exact) mass is 380 g/mol. The van der Waals surface area contributed by atoms with Crippen LogP contribution in [0.3, 0.4) is 0 Å². The van der Waals surface area contributed by atoms with Crippen molar-refractivity contribution in [2.75, 3.05) is 7.11 Å². The molecule has 0 radical (unpaired) electrons. The lowest BCUT2D eigenvalue weighted by Crippen LogP contribution is -2.41. The molecule has 2 N–H and O–H groups in total. The van der Waals surface area contributed by atoms with Gasteiger partial charge in [0.1, 0.15) is 0 Å². The maximum absolute atomic E-state index is 12.9. The first-order chi connectivity index (χ1) is 12.8. The van der Waals surface area contributed by atoms with Crippen molar-refractivity contribution in [2.24, 2.45) is 5.92 Å². The molecular formula is C19H19F3N2O3. The summed E-state index contributed by atoms with van der Waals surface area (Å²) in [6.45, 7) is 0. The normalized spacial score (nSPS) is 20.5. The van der Waals surface area contributed by atoms with Gasteiger partial charge in [-0.05, 0) is 42.5 Å². The number of nitrogens with zero attached hydrogens (tertiary/aromatic N) is 1. The molecule has 1 aliphatic rings. The molecule has 1 aromatic heterocycles. The van der Waals surface area contributed by atoms with E-state index >= 15 is 0 Å². The molecule has 0 bridgehead atoms. The third-order valence-electron chi connectivity index (χ3n) is 4.69. The van der Waals surface area contributed by atoms with Crippen LogP contribution in [0.2, 0.25) is 0 Å². The highest BCUT2D eigenvalue weighted by Crippen LogP contribution is 2.38. The Bertz CT molecular complexity index is 803. The van der Waals surface area contributed by atoms with Crippen molar-refractivity contribution in [3.8, 4) is 5.88 Å². The molecule has 1 aliphatic carbocycles. The molecule has 0 spiro atoms. The average molecular weight is 380 g/mol. The maximum atomic E-state index is 12.9. The van der Waals surface area contributed by atoms with Crippen LogP contribution in [0, 0.1) is 5.92 Å². The zero-order valence-corrected chi connectivity index (χ0v) is 14.5. The van der Waals surface area contributed by atoms with Gasteiger partial charge < -0.3 is 15.2 Å². The quantitative estimate of drug-likeness (QED) is 0.835. The van der Waals surface area contributed by atoms with Crippen molar-refractivity contribution in [3.63, 3.8) is 0 Å². The first-order valence-corrected chi connectivity index (χ1v) is 8.44. The number of hydrogen-bond donors (Lipinski definition) is 2. The molecule has 1 aromatic carbocycles. The minimum atomic E-state index is -4.52. The van der Waals surface area contributed by atoms with Crippen molar-refractivity contribution >= 4 is 5.91 Å². The molecule has 144 valence electrons. The summed E-state index contributed by atoms with van der Waals surface area (Å²) >= 11 is 0. The van der Waals surface area contributed by atoms with Crippen molar-refractivity contribution in [2.45, 2.75) is 31.2 Å². The molecule has 1 saturated carbocycles. The van der Waals surface area contributed by atoms with Crippen LogP contribution in [0.4, 0.5) is 13.2 Å². The van der Waals surface area contributed by atoms with E-state index in [0.717, 1.165) is 12.1 Å². The van der Waals surface area contributed by atoms with Gasteiger partial charge in [-0.15, -0.1) is 0 Å². The molecule has 8 heteroatoms. The highest BCUT2D eigenvalue weighted by Gasteiger charge is 2.36. The van der Waals surface area contributed by atoms with E-state index in [-0.39, 0.29) is 11.5 Å². The lowest BCUT2D eigenvalue weighted by atomic mass is 9.75. The van der Waals surface area contributed by atoms with E-state index in [0.29, 0.717) is 24.3 Å². The minimum Gasteiger partial charge on any atom is -0.481 e. The van der Waals surface area contributed by atoms with E-state index < -0.39 is 29.8 Å². The van der Waals surface area contributed by atoms with E-state index in [4.69, 9.17) is 4.74 Å². The van der Waals surface area contributed by atoms with E-state index in [9.17, 15) is 23.1 Å². The van der Waals surface area contributed by atoms with Crippen LogP contribution in [0.15, 0.2) is 42.6 Å². The summed E-state index contributed by atoms with van der Waals surface area (Å²) in [6, 6.07) is 7.21. The second kappa shape index (κ2) is 7.56. The number of hydrogen-bond acceptors (Lipinski definition) is 4. The molecular weight excluding hydrogens is 361 g/mol. The molecule has 0 aliphatic heterocycles. The Hall–Kier alpha value is -2.61. The molecule has 2 aromatic rings. The molecule has 3 rings (SSSR count). The number of amides is 1. The van der Waals surface area contributed by atoms with E-state index in [1.807, 2.05) is 0 Å². The number of methoxy groups -OCH3 is 1. The highest BCUT2D eigenvalue weighted by molar-refractivity contribution is 5.94. The highest BCUT2D eigenvalue weighted by atomic mass is 19.4. The molecule has 5 nitrogen and oxygen atoms in total. The Morgan fingerprint density at radius 2 is 2.04 bits per heavy atom. The van der Waals surface area contributed by atoms with Crippen LogP contribution in [-0.2, 0) is 6.18 Å². The third kappa shape index (κ3) is 4.39. The molecule has 0 unspecified atom stereocenters. The number of benzene rings is 1. The van der Waals surface area contributed by atoms with Crippen molar-refractivity contribution < 1.29 is 27.8 Å².